The van der Waals surface area contributed by atoms with Gasteiger partial charge in [-0.3, -0.25) is 33.7 Å². The van der Waals surface area contributed by atoms with Crippen LogP contribution < -0.4 is 16.4 Å². The number of morpholine rings is 1. The van der Waals surface area contributed by atoms with E-state index in [1.165, 1.54) is 0 Å². The van der Waals surface area contributed by atoms with Crippen LogP contribution in [0.4, 0.5) is 0 Å². The number of hydrogen-bond acceptors (Lipinski definition) is 8. The predicted octanol–water partition coefficient (Wildman–Crippen LogP) is 2.61. The van der Waals surface area contributed by atoms with Gasteiger partial charge in [0.2, 0.25) is 17.6 Å². The molecule has 1 aliphatic rings. The first-order chi connectivity index (χ1) is 22.4. The van der Waals surface area contributed by atoms with Crippen LogP contribution >= 0.6 is 0 Å². The Kier molecular flexibility index (Phi) is 14.7. The number of ketones is 3. The summed E-state index contributed by atoms with van der Waals surface area (Å²) in [4.78, 5) is 79.6. The molecule has 11 heteroatoms. The Hall–Kier alpha value is -3.96. The molecule has 47 heavy (non-hydrogen) atoms. The van der Waals surface area contributed by atoms with Gasteiger partial charge in [0.1, 0.15) is 5.78 Å². The van der Waals surface area contributed by atoms with Crippen molar-refractivity contribution in [2.75, 3.05) is 39.4 Å². The largest absolute Gasteiger partial charge is 0.379 e. The zero-order chi connectivity index (χ0) is 34.5. The first-order valence-corrected chi connectivity index (χ1v) is 16.6. The molecule has 2 aromatic carbocycles. The summed E-state index contributed by atoms with van der Waals surface area (Å²) in [6, 6.07) is 12.4. The number of nitrogens with zero attached hydrogens (tertiary/aromatic N) is 1. The van der Waals surface area contributed by atoms with Gasteiger partial charge in [-0.2, -0.15) is 0 Å². The van der Waals surface area contributed by atoms with Crippen LogP contribution in [0, 0.1) is 23.7 Å². The normalized spacial score (nSPS) is 16.2. The summed E-state index contributed by atoms with van der Waals surface area (Å²) in [5, 5.41) is 7.19. The molecule has 0 saturated carbocycles. The van der Waals surface area contributed by atoms with Crippen molar-refractivity contribution < 1.29 is 33.5 Å². The van der Waals surface area contributed by atoms with E-state index in [1.54, 1.807) is 6.92 Å². The van der Waals surface area contributed by atoms with Crippen molar-refractivity contribution in [1.29, 1.82) is 0 Å². The number of benzene rings is 2. The number of amides is 3. The Morgan fingerprint density at radius 3 is 2.19 bits per heavy atom. The molecule has 1 saturated heterocycles. The monoisotopic (exact) mass is 650 g/mol. The number of ether oxygens (including phenoxy) is 1. The van der Waals surface area contributed by atoms with Crippen LogP contribution in [0.15, 0.2) is 42.5 Å². The highest BCUT2D eigenvalue weighted by Gasteiger charge is 2.34. The van der Waals surface area contributed by atoms with Crippen LogP contribution in [-0.2, 0) is 39.9 Å². The Bertz CT molecular complexity index is 1420. The van der Waals surface area contributed by atoms with Crippen molar-refractivity contribution in [1.82, 2.24) is 15.5 Å². The van der Waals surface area contributed by atoms with E-state index in [1.807, 2.05) is 68.1 Å². The van der Waals surface area contributed by atoms with Gasteiger partial charge >= 0.3 is 0 Å². The standard InChI is InChI=1S/C36H50N4O7/c1-5-24(4)32(39-35(45)29(16-23(2)3)20-31(42)22-40-12-14-47-15-13-40)33(43)36(46)38-21-30(41)19-28(34(37)44)18-25-10-11-26-8-6-7-9-27(26)17-25/h6-11,17,23-24,28-29,32H,5,12-16,18-22H2,1-4H3,(H2,37,44)(H,38,46)(H,39,45)/t24-,28+,29+,32?/m0/s1. The predicted molar refractivity (Wildman–Crippen MR) is 179 cm³/mol. The summed E-state index contributed by atoms with van der Waals surface area (Å²) < 4.78 is 5.34. The molecular weight excluding hydrogens is 600 g/mol. The quantitative estimate of drug-likeness (QED) is 0.195. The van der Waals surface area contributed by atoms with Crippen molar-refractivity contribution in [2.24, 2.45) is 29.4 Å². The van der Waals surface area contributed by atoms with Gasteiger partial charge in [0, 0.05) is 37.8 Å². The topological polar surface area (TPSA) is 165 Å². The second-order valence-electron chi connectivity index (χ2n) is 13.1. The van der Waals surface area contributed by atoms with Crippen molar-refractivity contribution >= 4 is 45.8 Å². The SMILES string of the molecule is CC[C@H](C)C(NC(=O)[C@@H](CC(=O)CN1CCOCC1)CC(C)C)C(=O)C(=O)NCC(=O)C[C@@H](Cc1ccc2ccccc2c1)C(N)=O. The molecular formula is C36H50N4O7. The van der Waals surface area contributed by atoms with E-state index in [0.717, 1.165) is 16.3 Å². The molecule has 0 aromatic heterocycles. The van der Waals surface area contributed by atoms with Crippen LogP contribution in [0.3, 0.4) is 0 Å². The maximum atomic E-state index is 13.5. The molecule has 2 aromatic rings. The minimum absolute atomic E-state index is 0.0315. The number of primary amides is 1. The number of carbonyl (C=O) groups is 6. The lowest BCUT2D eigenvalue weighted by Gasteiger charge is -2.28. The lowest BCUT2D eigenvalue weighted by Crippen LogP contribution is -2.53. The number of rotatable bonds is 19. The number of Topliss-reactive ketones (excluding diaryl/α,β-unsaturated/α-hetero) is 3. The van der Waals surface area contributed by atoms with Crippen molar-refractivity contribution in [3.05, 3.63) is 48.0 Å². The van der Waals surface area contributed by atoms with E-state index >= 15 is 0 Å². The highest BCUT2D eigenvalue weighted by molar-refractivity contribution is 6.38. The molecule has 0 aliphatic carbocycles. The summed E-state index contributed by atoms with van der Waals surface area (Å²) in [7, 11) is 0. The number of nitrogens with two attached hydrogens (primary N) is 1. The lowest BCUT2D eigenvalue weighted by atomic mass is 9.89. The van der Waals surface area contributed by atoms with Crippen molar-refractivity contribution in [2.45, 2.75) is 65.8 Å². The number of nitrogens with one attached hydrogen (secondary N) is 2. The third-order valence-corrected chi connectivity index (χ3v) is 8.74. The van der Waals surface area contributed by atoms with Gasteiger partial charge in [-0.1, -0.05) is 76.6 Å². The first-order valence-electron chi connectivity index (χ1n) is 16.6. The maximum absolute atomic E-state index is 13.5. The molecule has 1 fully saturated rings. The molecule has 4 atom stereocenters. The zero-order valence-corrected chi connectivity index (χ0v) is 28.1. The second kappa shape index (κ2) is 18.4. The van der Waals surface area contributed by atoms with E-state index in [2.05, 4.69) is 10.6 Å². The van der Waals surface area contributed by atoms with Crippen molar-refractivity contribution in [3.63, 3.8) is 0 Å². The smallest absolute Gasteiger partial charge is 0.289 e. The van der Waals surface area contributed by atoms with Crippen LogP contribution in [-0.4, -0.2) is 85.4 Å². The third-order valence-electron chi connectivity index (χ3n) is 8.74. The van der Waals surface area contributed by atoms with Gasteiger partial charge in [0.05, 0.1) is 32.3 Å². The van der Waals surface area contributed by atoms with Crippen molar-refractivity contribution in [3.8, 4) is 0 Å². The minimum Gasteiger partial charge on any atom is -0.379 e. The summed E-state index contributed by atoms with van der Waals surface area (Å²) >= 11 is 0. The molecule has 256 valence electrons. The molecule has 3 amide bonds. The van der Waals surface area contributed by atoms with Gasteiger partial charge < -0.3 is 21.1 Å². The van der Waals surface area contributed by atoms with E-state index < -0.39 is 53.7 Å². The van der Waals surface area contributed by atoms with Gasteiger partial charge in [-0.05, 0) is 41.0 Å². The van der Waals surface area contributed by atoms with Gasteiger partial charge in [-0.25, -0.2) is 0 Å². The van der Waals surface area contributed by atoms with E-state index in [4.69, 9.17) is 10.5 Å². The summed E-state index contributed by atoms with van der Waals surface area (Å²) in [5.74, 6) is -5.15. The molecule has 4 N–H and O–H groups in total. The average Bonchev–Trinajstić information content (AvgIpc) is 3.04. The molecule has 0 spiro atoms. The van der Waals surface area contributed by atoms with Crippen LogP contribution in [0.25, 0.3) is 10.8 Å². The fourth-order valence-corrected chi connectivity index (χ4v) is 5.85. The Morgan fingerprint density at radius 1 is 0.894 bits per heavy atom. The number of carbonyl (C=O) groups excluding carboxylic acids is 6. The molecule has 3 rings (SSSR count). The molecule has 11 nitrogen and oxygen atoms in total. The first kappa shape index (κ1) is 37.5. The van der Waals surface area contributed by atoms with Crippen LogP contribution in [0.5, 0.6) is 0 Å². The van der Waals surface area contributed by atoms with Crippen LogP contribution in [0.1, 0.15) is 58.9 Å². The Balaban J connectivity index is 1.58. The number of fused-ring (bicyclic) bond motifs is 1. The average molecular weight is 651 g/mol. The molecule has 1 unspecified atom stereocenters. The summed E-state index contributed by atoms with van der Waals surface area (Å²) in [5.41, 5.74) is 6.47. The van der Waals surface area contributed by atoms with Crippen LogP contribution in [0.2, 0.25) is 0 Å². The van der Waals surface area contributed by atoms with E-state index in [0.29, 0.717) is 39.1 Å². The fraction of sp³-hybridized carbons (Fsp3) is 0.556. The van der Waals surface area contributed by atoms with E-state index in [9.17, 15) is 28.8 Å². The highest BCUT2D eigenvalue weighted by atomic mass is 16.5. The van der Waals surface area contributed by atoms with Gasteiger partial charge in [0.25, 0.3) is 5.91 Å². The Labute approximate surface area is 277 Å². The molecule has 1 heterocycles. The maximum Gasteiger partial charge on any atom is 0.289 e. The zero-order valence-electron chi connectivity index (χ0n) is 28.1. The fourth-order valence-electron chi connectivity index (χ4n) is 5.85. The molecule has 0 radical (unpaired) electrons. The lowest BCUT2D eigenvalue weighted by molar-refractivity contribution is -0.142. The van der Waals surface area contributed by atoms with Gasteiger partial charge in [0.15, 0.2) is 5.78 Å². The van der Waals surface area contributed by atoms with Gasteiger partial charge in [-0.15, -0.1) is 0 Å². The Morgan fingerprint density at radius 2 is 1.55 bits per heavy atom. The molecule has 0 bridgehead atoms. The molecule has 1 aliphatic heterocycles. The third kappa shape index (κ3) is 12.0. The summed E-state index contributed by atoms with van der Waals surface area (Å²) in [6.07, 6.45) is 1.04. The minimum atomic E-state index is -1.13. The second-order valence-corrected chi connectivity index (χ2v) is 13.1. The van der Waals surface area contributed by atoms with E-state index in [-0.39, 0.29) is 43.4 Å². The number of hydrogen-bond donors (Lipinski definition) is 3. The highest BCUT2D eigenvalue weighted by Crippen LogP contribution is 2.21. The summed E-state index contributed by atoms with van der Waals surface area (Å²) in [6.45, 7) is 9.72.